The summed E-state index contributed by atoms with van der Waals surface area (Å²) in [7, 11) is -1.09. The zero-order valence-corrected chi connectivity index (χ0v) is 44.1. The maximum Gasteiger partial charge on any atom is 0.236 e. The standard InChI is InChI=1S/C52H63BrF2N11O5P/c1-6-32-26-43(59-52-56-30-38(53)50(61-52)58-42-12-11-41-36(49(42)72(4,5)70)9-8-33(7-2)57-41)45(71-3)29-44(32)65-16-14-34(15-17-65)63-22-24-66(25-23-63)47(68)31-62-18-20-64(21-19-62)35-27-39(54)48(40(55)28-35)37-10-13-46(67)60-51(37)69/h8-9,11-12,26-30,34,37H,6-7,10,13-25,31H2,1-5H3,(H,60,67,69)(H2,56,58,59,61). The topological polar surface area (TPSA) is 168 Å². The molecule has 3 N–H and O–H groups in total. The Morgan fingerprint density at radius 3 is 2.22 bits per heavy atom. The molecule has 9 rings (SSSR count). The number of piperazine rings is 2. The van der Waals surface area contributed by atoms with Crippen molar-refractivity contribution in [2.45, 2.75) is 64.3 Å². The molecule has 20 heteroatoms. The largest absolute Gasteiger partial charge is 0.494 e. The summed E-state index contributed by atoms with van der Waals surface area (Å²) in [4.78, 5) is 62.5. The number of carbonyl (C=O) groups is 3. The molecule has 2 aromatic heterocycles. The minimum Gasteiger partial charge on any atom is -0.494 e. The van der Waals surface area contributed by atoms with Gasteiger partial charge in [0.15, 0.2) is 0 Å². The number of imide groups is 1. The molecular formula is C52H63BrF2N11O5P. The van der Waals surface area contributed by atoms with Gasteiger partial charge < -0.3 is 34.6 Å². The molecule has 4 saturated heterocycles. The lowest BCUT2D eigenvalue weighted by Crippen LogP contribution is -2.56. The van der Waals surface area contributed by atoms with Gasteiger partial charge in [-0.1, -0.05) is 19.9 Å². The van der Waals surface area contributed by atoms with Gasteiger partial charge >= 0.3 is 0 Å². The van der Waals surface area contributed by atoms with Gasteiger partial charge in [0, 0.05) is 123 Å². The Kier molecular flexibility index (Phi) is 15.5. The average Bonchev–Trinajstić information content (AvgIpc) is 3.37. The molecule has 0 bridgehead atoms. The first kappa shape index (κ1) is 51.2. The Morgan fingerprint density at radius 2 is 1.57 bits per heavy atom. The van der Waals surface area contributed by atoms with Crippen LogP contribution in [0.15, 0.2) is 59.2 Å². The number of anilines is 6. The maximum absolute atomic E-state index is 15.2. The van der Waals surface area contributed by atoms with Crippen molar-refractivity contribution in [3.63, 3.8) is 0 Å². The number of aromatic nitrogens is 3. The summed E-state index contributed by atoms with van der Waals surface area (Å²) in [5.41, 5.74) is 5.63. The smallest absolute Gasteiger partial charge is 0.236 e. The summed E-state index contributed by atoms with van der Waals surface area (Å²) in [6, 6.07) is 15.0. The number of pyridine rings is 1. The molecule has 0 saturated carbocycles. The number of nitrogens with one attached hydrogen (secondary N) is 3. The number of hydrogen-bond donors (Lipinski definition) is 3. The van der Waals surface area contributed by atoms with Crippen molar-refractivity contribution in [3.05, 3.63) is 87.7 Å². The molecule has 3 aromatic carbocycles. The van der Waals surface area contributed by atoms with E-state index in [-0.39, 0.29) is 24.3 Å². The Bertz CT molecular complexity index is 2900. The first-order chi connectivity index (χ1) is 34.6. The van der Waals surface area contributed by atoms with Crippen LogP contribution >= 0.6 is 23.1 Å². The summed E-state index contributed by atoms with van der Waals surface area (Å²) in [6.45, 7) is 15.0. The van der Waals surface area contributed by atoms with E-state index in [9.17, 15) is 18.9 Å². The fraction of sp³-hybridized carbons (Fsp3) is 0.462. The number of amides is 3. The second kappa shape index (κ2) is 21.8. The van der Waals surface area contributed by atoms with E-state index in [4.69, 9.17) is 14.7 Å². The summed E-state index contributed by atoms with van der Waals surface area (Å²) >= 11 is 3.62. The van der Waals surface area contributed by atoms with Crippen molar-refractivity contribution in [1.29, 1.82) is 0 Å². The predicted molar refractivity (Wildman–Crippen MR) is 282 cm³/mol. The lowest BCUT2D eigenvalue weighted by molar-refractivity contribution is -0.135. The minimum absolute atomic E-state index is 0.0365. The van der Waals surface area contributed by atoms with Gasteiger partial charge in [0.1, 0.15) is 30.3 Å². The Hall–Kier alpha value is -5.75. The van der Waals surface area contributed by atoms with Crippen LogP contribution in [0.2, 0.25) is 0 Å². The van der Waals surface area contributed by atoms with E-state index >= 15 is 8.78 Å². The monoisotopic (exact) mass is 1070 g/mol. The molecule has 16 nitrogen and oxygen atoms in total. The van der Waals surface area contributed by atoms with E-state index < -0.39 is 36.5 Å². The number of halogens is 3. The highest BCUT2D eigenvalue weighted by Crippen LogP contribution is 2.43. The maximum atomic E-state index is 15.2. The molecule has 72 heavy (non-hydrogen) atoms. The predicted octanol–water partition coefficient (Wildman–Crippen LogP) is 7.39. The number of carbonyl (C=O) groups excluding carboxylic acids is 3. The molecule has 3 amide bonds. The van der Waals surface area contributed by atoms with Gasteiger partial charge in [-0.15, -0.1) is 0 Å². The molecule has 4 aliphatic heterocycles. The molecule has 4 aliphatic rings. The lowest BCUT2D eigenvalue weighted by atomic mass is 9.89. The number of rotatable bonds is 14. The lowest BCUT2D eigenvalue weighted by Gasteiger charge is -2.44. The van der Waals surface area contributed by atoms with Gasteiger partial charge in [-0.25, -0.2) is 13.8 Å². The number of piperidine rings is 2. The molecule has 4 fully saturated rings. The van der Waals surface area contributed by atoms with Crippen molar-refractivity contribution in [2.24, 2.45) is 0 Å². The van der Waals surface area contributed by atoms with Crippen molar-refractivity contribution < 1.29 is 32.5 Å². The molecule has 0 aliphatic carbocycles. The van der Waals surface area contributed by atoms with Gasteiger partial charge in [-0.3, -0.25) is 34.5 Å². The molecule has 6 heterocycles. The Balaban J connectivity index is 0.766. The SMILES string of the molecule is CCc1ccc2c(P(C)(C)=O)c(Nc3nc(Nc4cc(CC)c(N5CCC(N6CCN(C(=O)CN7CCN(c8cc(F)c(C9CCC(=O)NC9=O)c(F)c8)CC7)CC6)CC5)cc4OC)ncc3Br)ccc2n1. The molecule has 5 aromatic rings. The van der Waals surface area contributed by atoms with Crippen LogP contribution in [0.5, 0.6) is 5.75 Å². The highest BCUT2D eigenvalue weighted by atomic mass is 79.9. The van der Waals surface area contributed by atoms with Crippen LogP contribution in [0.4, 0.5) is 43.3 Å². The number of benzene rings is 3. The van der Waals surface area contributed by atoms with Gasteiger partial charge in [0.2, 0.25) is 23.7 Å². The first-order valence-electron chi connectivity index (χ1n) is 24.9. The van der Waals surface area contributed by atoms with Crippen LogP contribution in [-0.4, -0.2) is 146 Å². The van der Waals surface area contributed by atoms with Crippen molar-refractivity contribution in [3.8, 4) is 5.75 Å². The van der Waals surface area contributed by atoms with Crippen LogP contribution < -0.4 is 35.8 Å². The molecule has 1 unspecified atom stereocenters. The van der Waals surface area contributed by atoms with E-state index in [1.807, 2.05) is 34.1 Å². The third kappa shape index (κ3) is 11.1. The van der Waals surface area contributed by atoms with Gasteiger partial charge in [0.05, 0.1) is 40.9 Å². The third-order valence-electron chi connectivity index (χ3n) is 14.6. The van der Waals surface area contributed by atoms with E-state index in [0.29, 0.717) is 85.2 Å². The van der Waals surface area contributed by atoms with Crippen molar-refractivity contribution in [2.75, 3.05) is 113 Å². The summed E-state index contributed by atoms with van der Waals surface area (Å²) < 4.78 is 50.8. The van der Waals surface area contributed by atoms with Crippen LogP contribution in [0.25, 0.3) is 10.9 Å². The van der Waals surface area contributed by atoms with E-state index in [1.54, 1.807) is 26.6 Å². The van der Waals surface area contributed by atoms with Crippen LogP contribution in [0.3, 0.4) is 0 Å². The number of ether oxygens (including phenoxy) is 1. The number of aryl methyl sites for hydroxylation is 2. The third-order valence-corrected chi connectivity index (χ3v) is 16.7. The van der Waals surface area contributed by atoms with Crippen molar-refractivity contribution >= 4 is 91.5 Å². The molecule has 382 valence electrons. The van der Waals surface area contributed by atoms with Crippen LogP contribution in [0, 0.1) is 11.6 Å². The molecule has 0 spiro atoms. The van der Waals surface area contributed by atoms with Gasteiger partial charge in [-0.2, -0.15) is 4.98 Å². The second-order valence-electron chi connectivity index (χ2n) is 19.4. The van der Waals surface area contributed by atoms with Crippen LogP contribution in [-0.2, 0) is 31.8 Å². The summed E-state index contributed by atoms with van der Waals surface area (Å²) in [6.07, 6.45) is 5.41. The highest BCUT2D eigenvalue weighted by Gasteiger charge is 2.35. The fourth-order valence-corrected chi connectivity index (χ4v) is 12.4. The van der Waals surface area contributed by atoms with Gasteiger partial charge in [-0.05, 0) is 103 Å². The summed E-state index contributed by atoms with van der Waals surface area (Å²) in [5.74, 6) is -2.10. The molecule has 1 atom stereocenters. The van der Waals surface area contributed by atoms with Crippen LogP contribution in [0.1, 0.15) is 62.3 Å². The van der Waals surface area contributed by atoms with E-state index in [1.165, 1.54) is 17.7 Å². The summed E-state index contributed by atoms with van der Waals surface area (Å²) in [5, 5.41) is 10.6. The van der Waals surface area contributed by atoms with Crippen molar-refractivity contribution in [1.82, 2.24) is 35.0 Å². The van der Waals surface area contributed by atoms with E-state index in [2.05, 4.69) is 77.5 Å². The normalized spacial score (nSPS) is 18.7. The van der Waals surface area contributed by atoms with Gasteiger partial charge in [0.25, 0.3) is 0 Å². The zero-order valence-electron chi connectivity index (χ0n) is 41.6. The Morgan fingerprint density at radius 1 is 0.847 bits per heavy atom. The quantitative estimate of drug-likeness (QED) is 0.0744. The zero-order chi connectivity index (χ0) is 50.8. The first-order valence-corrected chi connectivity index (χ1v) is 28.3. The highest BCUT2D eigenvalue weighted by molar-refractivity contribution is 9.10. The average molecular weight is 1070 g/mol. The number of methoxy groups -OCH3 is 1. The number of hydrogen-bond acceptors (Lipinski definition) is 14. The fourth-order valence-electron chi connectivity index (χ4n) is 10.6. The second-order valence-corrected chi connectivity index (χ2v) is 23.4. The molecular weight excluding hydrogens is 1010 g/mol. The Labute approximate surface area is 427 Å². The number of fused-ring (bicyclic) bond motifs is 1. The van der Waals surface area contributed by atoms with E-state index in [0.717, 1.165) is 85.1 Å². The minimum atomic E-state index is -2.76. The molecule has 0 radical (unpaired) electrons. The number of nitrogens with zero attached hydrogens (tertiary/aromatic N) is 8.